The van der Waals surface area contributed by atoms with Gasteiger partial charge in [-0.3, -0.25) is 0 Å². The fourth-order valence-corrected chi connectivity index (χ4v) is 2.57. The van der Waals surface area contributed by atoms with Crippen LogP contribution in [-0.2, 0) is 0 Å². The van der Waals surface area contributed by atoms with E-state index >= 15 is 0 Å². The highest BCUT2D eigenvalue weighted by atomic mass is 19.1. The highest BCUT2D eigenvalue weighted by Gasteiger charge is 2.15. The molecular formula is C18H22FNO. The van der Waals surface area contributed by atoms with E-state index in [4.69, 9.17) is 4.74 Å². The predicted molar refractivity (Wildman–Crippen MR) is 84.4 cm³/mol. The van der Waals surface area contributed by atoms with Crippen LogP contribution in [0.3, 0.4) is 0 Å². The van der Waals surface area contributed by atoms with Gasteiger partial charge >= 0.3 is 0 Å². The molecule has 0 bridgehead atoms. The minimum atomic E-state index is -0.122. The van der Waals surface area contributed by atoms with Crippen LogP contribution in [0.15, 0.2) is 36.4 Å². The molecule has 0 aliphatic rings. The van der Waals surface area contributed by atoms with Crippen molar-refractivity contribution in [3.05, 3.63) is 64.5 Å². The molecule has 0 saturated heterocycles. The predicted octanol–water partition coefficient (Wildman–Crippen LogP) is 4.15. The van der Waals surface area contributed by atoms with E-state index in [0.29, 0.717) is 11.1 Å². The Hall–Kier alpha value is -1.87. The van der Waals surface area contributed by atoms with Crippen LogP contribution in [-0.4, -0.2) is 13.7 Å². The van der Waals surface area contributed by atoms with Gasteiger partial charge < -0.3 is 10.1 Å². The fraction of sp³-hybridized carbons (Fsp3) is 0.333. The zero-order valence-corrected chi connectivity index (χ0v) is 13.0. The highest BCUT2D eigenvalue weighted by Crippen LogP contribution is 2.27. The Morgan fingerprint density at radius 3 is 2.10 bits per heavy atom. The number of hydrogen-bond donors (Lipinski definition) is 1. The molecule has 2 nitrogen and oxygen atoms in total. The molecule has 2 aromatic carbocycles. The number of halogens is 1. The van der Waals surface area contributed by atoms with E-state index < -0.39 is 0 Å². The Bertz CT molecular complexity index is 584. The van der Waals surface area contributed by atoms with E-state index in [1.165, 1.54) is 0 Å². The van der Waals surface area contributed by atoms with Crippen molar-refractivity contribution in [2.45, 2.75) is 26.8 Å². The molecule has 0 radical (unpaired) electrons. The molecule has 2 rings (SSSR count). The largest absolute Gasteiger partial charge is 0.497 e. The van der Waals surface area contributed by atoms with Crippen molar-refractivity contribution in [1.82, 2.24) is 5.32 Å². The molecule has 0 saturated carbocycles. The Morgan fingerprint density at radius 2 is 1.62 bits per heavy atom. The van der Waals surface area contributed by atoms with Crippen molar-refractivity contribution in [2.75, 3.05) is 13.7 Å². The van der Waals surface area contributed by atoms with Gasteiger partial charge in [0.2, 0.25) is 0 Å². The third-order valence-corrected chi connectivity index (χ3v) is 3.65. The van der Waals surface area contributed by atoms with Gasteiger partial charge in [-0.25, -0.2) is 4.39 Å². The van der Waals surface area contributed by atoms with E-state index in [1.54, 1.807) is 7.11 Å². The average molecular weight is 287 g/mol. The maximum absolute atomic E-state index is 13.8. The highest BCUT2D eigenvalue weighted by molar-refractivity contribution is 5.39. The lowest BCUT2D eigenvalue weighted by molar-refractivity contribution is 0.414. The first-order valence-corrected chi connectivity index (χ1v) is 7.20. The van der Waals surface area contributed by atoms with Crippen LogP contribution in [0.4, 0.5) is 4.39 Å². The lowest BCUT2D eigenvalue weighted by Crippen LogP contribution is -2.22. The van der Waals surface area contributed by atoms with E-state index in [9.17, 15) is 4.39 Å². The van der Waals surface area contributed by atoms with E-state index in [1.807, 2.05) is 50.2 Å². The molecule has 3 heteroatoms. The lowest BCUT2D eigenvalue weighted by atomic mass is 9.95. The van der Waals surface area contributed by atoms with Gasteiger partial charge in [0.15, 0.2) is 0 Å². The SMILES string of the molecule is CCNC(c1ccc(OC)cc1)c1cc(C)c(F)c(C)c1. The normalized spacial score (nSPS) is 12.2. The first-order valence-electron chi connectivity index (χ1n) is 7.20. The number of nitrogens with one attached hydrogen (secondary N) is 1. The average Bonchev–Trinajstić information content (AvgIpc) is 2.50. The molecular weight excluding hydrogens is 265 g/mol. The van der Waals surface area contributed by atoms with Crippen molar-refractivity contribution < 1.29 is 9.13 Å². The van der Waals surface area contributed by atoms with Gasteiger partial charge in [0.25, 0.3) is 0 Å². The zero-order valence-electron chi connectivity index (χ0n) is 13.0. The minimum Gasteiger partial charge on any atom is -0.497 e. The standard InChI is InChI=1S/C18H22FNO/c1-5-20-18(14-6-8-16(21-4)9-7-14)15-10-12(2)17(19)13(3)11-15/h6-11,18,20H,5H2,1-4H3. The van der Waals surface area contributed by atoms with Crippen LogP contribution in [0, 0.1) is 19.7 Å². The van der Waals surface area contributed by atoms with Crippen molar-refractivity contribution in [3.63, 3.8) is 0 Å². The summed E-state index contributed by atoms with van der Waals surface area (Å²) in [6.07, 6.45) is 0. The third-order valence-electron chi connectivity index (χ3n) is 3.65. The first kappa shape index (κ1) is 15.5. The van der Waals surface area contributed by atoms with Crippen molar-refractivity contribution in [2.24, 2.45) is 0 Å². The van der Waals surface area contributed by atoms with E-state index in [-0.39, 0.29) is 11.9 Å². The van der Waals surface area contributed by atoms with Crippen LogP contribution >= 0.6 is 0 Å². The number of benzene rings is 2. The van der Waals surface area contributed by atoms with Crippen molar-refractivity contribution >= 4 is 0 Å². The summed E-state index contributed by atoms with van der Waals surface area (Å²) in [5, 5.41) is 3.46. The molecule has 21 heavy (non-hydrogen) atoms. The minimum absolute atomic E-state index is 0.0545. The lowest BCUT2D eigenvalue weighted by Gasteiger charge is -2.20. The molecule has 1 unspecified atom stereocenters. The second-order valence-corrected chi connectivity index (χ2v) is 5.23. The molecule has 0 aliphatic heterocycles. The molecule has 112 valence electrons. The van der Waals surface area contributed by atoms with Crippen LogP contribution in [0.1, 0.15) is 35.2 Å². The molecule has 0 spiro atoms. The Labute approximate surface area is 126 Å². The number of ether oxygens (including phenoxy) is 1. The van der Waals surface area contributed by atoms with Gasteiger partial charge in [-0.2, -0.15) is 0 Å². The van der Waals surface area contributed by atoms with Crippen LogP contribution < -0.4 is 10.1 Å². The smallest absolute Gasteiger partial charge is 0.129 e. The Kier molecular flexibility index (Phi) is 4.97. The van der Waals surface area contributed by atoms with Gasteiger partial charge in [0, 0.05) is 0 Å². The molecule has 0 fully saturated rings. The molecule has 0 aliphatic carbocycles. The monoisotopic (exact) mass is 287 g/mol. The topological polar surface area (TPSA) is 21.3 Å². The van der Waals surface area contributed by atoms with Gasteiger partial charge in [-0.15, -0.1) is 0 Å². The summed E-state index contributed by atoms with van der Waals surface area (Å²) in [4.78, 5) is 0. The maximum Gasteiger partial charge on any atom is 0.129 e. The van der Waals surface area contributed by atoms with Crippen LogP contribution in [0.5, 0.6) is 5.75 Å². The number of hydrogen-bond acceptors (Lipinski definition) is 2. The molecule has 1 N–H and O–H groups in total. The zero-order chi connectivity index (χ0) is 15.4. The summed E-state index contributed by atoms with van der Waals surface area (Å²) in [6.45, 7) is 6.53. The molecule has 1 atom stereocenters. The summed E-state index contributed by atoms with van der Waals surface area (Å²) >= 11 is 0. The van der Waals surface area contributed by atoms with Crippen molar-refractivity contribution in [1.29, 1.82) is 0 Å². The summed E-state index contributed by atoms with van der Waals surface area (Å²) in [5.74, 6) is 0.712. The van der Waals surface area contributed by atoms with Crippen molar-refractivity contribution in [3.8, 4) is 5.75 Å². The Balaban J connectivity index is 2.42. The number of rotatable bonds is 5. The molecule has 0 aromatic heterocycles. The quantitative estimate of drug-likeness (QED) is 0.892. The van der Waals surface area contributed by atoms with Gasteiger partial charge in [0.05, 0.1) is 13.2 Å². The summed E-state index contributed by atoms with van der Waals surface area (Å²) in [6, 6.07) is 11.9. The van der Waals surface area contributed by atoms with Gasteiger partial charge in [-0.05, 0) is 54.8 Å². The molecule has 2 aromatic rings. The number of aryl methyl sites for hydroxylation is 2. The van der Waals surface area contributed by atoms with Gasteiger partial charge in [-0.1, -0.05) is 31.2 Å². The summed E-state index contributed by atoms with van der Waals surface area (Å²) in [7, 11) is 1.66. The second kappa shape index (κ2) is 6.72. The maximum atomic E-state index is 13.8. The number of methoxy groups -OCH3 is 1. The van der Waals surface area contributed by atoms with E-state index in [2.05, 4.69) is 12.2 Å². The van der Waals surface area contributed by atoms with Crippen LogP contribution in [0.2, 0.25) is 0 Å². The van der Waals surface area contributed by atoms with Gasteiger partial charge in [0.1, 0.15) is 11.6 Å². The molecule has 0 amide bonds. The van der Waals surface area contributed by atoms with Crippen LogP contribution in [0.25, 0.3) is 0 Å². The summed E-state index contributed by atoms with van der Waals surface area (Å²) in [5.41, 5.74) is 3.59. The van der Waals surface area contributed by atoms with E-state index in [0.717, 1.165) is 23.4 Å². The molecule has 0 heterocycles. The fourth-order valence-electron chi connectivity index (χ4n) is 2.57. The Morgan fingerprint density at radius 1 is 1.05 bits per heavy atom. The third kappa shape index (κ3) is 3.42. The first-order chi connectivity index (χ1) is 10.1. The second-order valence-electron chi connectivity index (χ2n) is 5.23. The summed E-state index contributed by atoms with van der Waals surface area (Å²) < 4.78 is 19.0.